The number of benzene rings is 2. The third-order valence-corrected chi connectivity index (χ3v) is 6.59. The van der Waals surface area contributed by atoms with Crippen LogP contribution in [0.1, 0.15) is 24.2 Å². The molecular weight excluding hydrogens is 446 g/mol. The predicted octanol–water partition coefficient (Wildman–Crippen LogP) is 4.76. The van der Waals surface area contributed by atoms with Gasteiger partial charge in [0, 0.05) is 23.0 Å². The lowest BCUT2D eigenvalue weighted by Crippen LogP contribution is -2.20. The van der Waals surface area contributed by atoms with E-state index < -0.39 is 0 Å². The Morgan fingerprint density at radius 3 is 2.81 bits per heavy atom. The summed E-state index contributed by atoms with van der Waals surface area (Å²) in [6, 6.07) is 15.3. The molecule has 1 unspecified atom stereocenters. The summed E-state index contributed by atoms with van der Waals surface area (Å²) in [6.45, 7) is 3.92. The molecule has 1 aromatic heterocycles. The maximum atomic E-state index is 12.4. The van der Waals surface area contributed by atoms with Crippen LogP contribution in [0, 0.1) is 6.92 Å². The number of carbonyl (C=O) groups is 1. The minimum absolute atomic E-state index is 0.0816. The van der Waals surface area contributed by atoms with Crippen LogP contribution in [0.3, 0.4) is 0 Å². The molecule has 168 valence electrons. The van der Waals surface area contributed by atoms with Crippen LogP contribution in [-0.2, 0) is 22.6 Å². The fourth-order valence-electron chi connectivity index (χ4n) is 3.46. The molecule has 9 heteroatoms. The van der Waals surface area contributed by atoms with E-state index in [0.717, 1.165) is 47.2 Å². The topological polar surface area (TPSA) is 81.1 Å². The number of anilines is 2. The van der Waals surface area contributed by atoms with Crippen LogP contribution in [-0.4, -0.2) is 39.1 Å². The van der Waals surface area contributed by atoms with Crippen LogP contribution in [0.15, 0.2) is 53.7 Å². The minimum Gasteiger partial charge on any atom is -0.378 e. The lowest BCUT2D eigenvalue weighted by Gasteiger charge is -2.15. The van der Waals surface area contributed by atoms with E-state index in [-0.39, 0.29) is 17.8 Å². The zero-order valence-corrected chi connectivity index (χ0v) is 19.5. The highest BCUT2D eigenvalue weighted by Gasteiger charge is 2.21. The molecule has 1 saturated heterocycles. The van der Waals surface area contributed by atoms with Gasteiger partial charge in [0.1, 0.15) is 0 Å². The number of halogens is 1. The molecule has 2 aromatic carbocycles. The molecule has 2 N–H and O–H groups in total. The van der Waals surface area contributed by atoms with Crippen LogP contribution in [0.2, 0.25) is 5.02 Å². The Bertz CT molecular complexity index is 1050. The highest BCUT2D eigenvalue weighted by molar-refractivity contribution is 7.99. The molecule has 0 aliphatic carbocycles. The third kappa shape index (κ3) is 6.03. The van der Waals surface area contributed by atoms with Crippen molar-refractivity contribution in [2.24, 2.45) is 0 Å². The molecule has 3 aromatic rings. The molecule has 1 amide bonds. The second-order valence-corrected chi connectivity index (χ2v) is 9.01. The van der Waals surface area contributed by atoms with Crippen molar-refractivity contribution in [3.05, 3.63) is 64.9 Å². The van der Waals surface area contributed by atoms with Gasteiger partial charge in [-0.05, 0) is 49.6 Å². The van der Waals surface area contributed by atoms with Crippen LogP contribution in [0.5, 0.6) is 0 Å². The van der Waals surface area contributed by atoms with Gasteiger partial charge in [-0.1, -0.05) is 47.6 Å². The van der Waals surface area contributed by atoms with Crippen LogP contribution in [0.4, 0.5) is 11.4 Å². The van der Waals surface area contributed by atoms with Gasteiger partial charge >= 0.3 is 0 Å². The molecule has 7 nitrogen and oxygen atoms in total. The van der Waals surface area contributed by atoms with E-state index in [9.17, 15) is 4.79 Å². The number of nitrogens with one attached hydrogen (secondary N) is 2. The van der Waals surface area contributed by atoms with E-state index in [1.807, 2.05) is 55.5 Å². The number of hydrogen-bond acceptors (Lipinski definition) is 6. The summed E-state index contributed by atoms with van der Waals surface area (Å²) in [7, 11) is 0. The molecule has 0 spiro atoms. The molecule has 4 rings (SSSR count). The number of ether oxygens (including phenoxy) is 1. The van der Waals surface area contributed by atoms with Crippen molar-refractivity contribution in [3.8, 4) is 0 Å². The number of aryl methyl sites for hydroxylation is 1. The number of nitrogens with zero attached hydrogens (tertiary/aromatic N) is 3. The summed E-state index contributed by atoms with van der Waals surface area (Å²) in [6.07, 6.45) is 2.21. The van der Waals surface area contributed by atoms with E-state index >= 15 is 0 Å². The monoisotopic (exact) mass is 471 g/mol. The van der Waals surface area contributed by atoms with E-state index in [1.54, 1.807) is 0 Å². The SMILES string of the molecule is Cc1ccc(NCc2nnc(SCC(=O)Nc3ccccc3)n2CC2CCCO2)cc1Cl. The van der Waals surface area contributed by atoms with Gasteiger partial charge in [0.2, 0.25) is 5.91 Å². The Kier molecular flexibility index (Phi) is 7.68. The highest BCUT2D eigenvalue weighted by Crippen LogP contribution is 2.24. The summed E-state index contributed by atoms with van der Waals surface area (Å²) < 4.78 is 7.88. The fourth-order valence-corrected chi connectivity index (χ4v) is 4.41. The lowest BCUT2D eigenvalue weighted by molar-refractivity contribution is -0.113. The van der Waals surface area contributed by atoms with Crippen LogP contribution >= 0.6 is 23.4 Å². The number of aromatic nitrogens is 3. The molecule has 1 atom stereocenters. The number of thioether (sulfide) groups is 1. The first-order chi connectivity index (χ1) is 15.6. The molecule has 1 aliphatic rings. The van der Waals surface area contributed by atoms with Crippen molar-refractivity contribution >= 4 is 40.6 Å². The van der Waals surface area contributed by atoms with Gasteiger partial charge < -0.3 is 19.9 Å². The van der Waals surface area contributed by atoms with Crippen molar-refractivity contribution in [2.75, 3.05) is 23.0 Å². The Morgan fingerprint density at radius 2 is 2.06 bits per heavy atom. The van der Waals surface area contributed by atoms with E-state index in [1.165, 1.54) is 11.8 Å². The average Bonchev–Trinajstić information content (AvgIpc) is 3.44. The van der Waals surface area contributed by atoms with Gasteiger partial charge in [0.15, 0.2) is 11.0 Å². The molecular formula is C23H26ClN5O2S. The molecule has 1 aliphatic heterocycles. The number of carbonyl (C=O) groups excluding carboxylic acids is 1. The maximum absolute atomic E-state index is 12.4. The average molecular weight is 472 g/mol. The number of amides is 1. The fraction of sp³-hybridized carbons (Fsp3) is 0.348. The van der Waals surface area contributed by atoms with Gasteiger partial charge in [-0.15, -0.1) is 10.2 Å². The first-order valence-corrected chi connectivity index (χ1v) is 12.0. The smallest absolute Gasteiger partial charge is 0.234 e. The molecule has 0 radical (unpaired) electrons. The molecule has 0 saturated carbocycles. The summed E-state index contributed by atoms with van der Waals surface area (Å²) >= 11 is 7.62. The summed E-state index contributed by atoms with van der Waals surface area (Å²) in [5, 5.41) is 16.4. The Balaban J connectivity index is 1.43. The predicted molar refractivity (Wildman–Crippen MR) is 128 cm³/mol. The van der Waals surface area contributed by atoms with Crippen molar-refractivity contribution in [1.29, 1.82) is 0 Å². The van der Waals surface area contributed by atoms with Crippen molar-refractivity contribution in [2.45, 2.75) is 44.1 Å². The summed E-state index contributed by atoms with van der Waals surface area (Å²) in [4.78, 5) is 12.4. The zero-order valence-electron chi connectivity index (χ0n) is 17.9. The van der Waals surface area contributed by atoms with Gasteiger partial charge in [0.05, 0.1) is 24.9 Å². The van der Waals surface area contributed by atoms with Crippen LogP contribution < -0.4 is 10.6 Å². The van der Waals surface area contributed by atoms with Crippen LogP contribution in [0.25, 0.3) is 0 Å². The molecule has 0 bridgehead atoms. The minimum atomic E-state index is -0.0816. The van der Waals surface area contributed by atoms with Crippen molar-refractivity contribution < 1.29 is 9.53 Å². The normalized spacial score (nSPS) is 15.6. The quantitative estimate of drug-likeness (QED) is 0.438. The van der Waals surface area contributed by atoms with Crippen molar-refractivity contribution in [1.82, 2.24) is 14.8 Å². The summed E-state index contributed by atoms with van der Waals surface area (Å²) in [5.41, 5.74) is 2.73. The standard InChI is InChI=1S/C23H26ClN5O2S/c1-16-9-10-18(12-20(16)24)25-13-21-27-28-23(29(21)14-19-8-5-11-31-19)32-15-22(30)26-17-6-3-2-4-7-17/h2-4,6-7,9-10,12,19,25H,5,8,11,13-15H2,1H3,(H,26,30). The van der Waals surface area contributed by atoms with E-state index in [2.05, 4.69) is 25.4 Å². The van der Waals surface area contributed by atoms with Gasteiger partial charge in [0.25, 0.3) is 0 Å². The Labute approximate surface area is 196 Å². The van der Waals surface area contributed by atoms with Crippen molar-refractivity contribution in [3.63, 3.8) is 0 Å². The Morgan fingerprint density at radius 1 is 1.22 bits per heavy atom. The number of hydrogen-bond donors (Lipinski definition) is 2. The first kappa shape index (κ1) is 22.6. The molecule has 1 fully saturated rings. The maximum Gasteiger partial charge on any atom is 0.234 e. The third-order valence-electron chi connectivity index (χ3n) is 5.22. The zero-order chi connectivity index (χ0) is 22.3. The van der Waals surface area contributed by atoms with E-state index in [4.69, 9.17) is 16.3 Å². The highest BCUT2D eigenvalue weighted by atomic mass is 35.5. The van der Waals surface area contributed by atoms with Gasteiger partial charge in [-0.2, -0.15) is 0 Å². The second kappa shape index (κ2) is 10.8. The van der Waals surface area contributed by atoms with E-state index in [0.29, 0.717) is 18.2 Å². The lowest BCUT2D eigenvalue weighted by atomic mass is 10.2. The Hall–Kier alpha value is -2.55. The largest absolute Gasteiger partial charge is 0.378 e. The number of para-hydroxylation sites is 1. The van der Waals surface area contributed by atoms with Gasteiger partial charge in [-0.3, -0.25) is 4.79 Å². The molecule has 32 heavy (non-hydrogen) atoms. The summed E-state index contributed by atoms with van der Waals surface area (Å²) in [5.74, 6) is 0.963. The molecule has 2 heterocycles. The number of rotatable bonds is 9. The van der Waals surface area contributed by atoms with Gasteiger partial charge in [-0.25, -0.2) is 0 Å². The first-order valence-electron chi connectivity index (χ1n) is 10.6. The second-order valence-electron chi connectivity index (χ2n) is 7.66.